The summed E-state index contributed by atoms with van der Waals surface area (Å²) in [6.07, 6.45) is 2.43. The number of esters is 1. The molecule has 106 valence electrons. The van der Waals surface area contributed by atoms with Gasteiger partial charge in [0.2, 0.25) is 0 Å². The largest absolute Gasteiger partial charge is 0.449 e. The molecule has 0 radical (unpaired) electrons. The van der Waals surface area contributed by atoms with Gasteiger partial charge in [0, 0.05) is 16.7 Å². The molecule has 0 aliphatic heterocycles. The highest BCUT2D eigenvalue weighted by Gasteiger charge is 2.31. The highest BCUT2D eigenvalue weighted by Crippen LogP contribution is 2.45. The molecule has 0 fully saturated rings. The third-order valence-corrected chi connectivity index (χ3v) is 3.83. The van der Waals surface area contributed by atoms with E-state index in [0.717, 1.165) is 28.7 Å². The van der Waals surface area contributed by atoms with Gasteiger partial charge in [-0.3, -0.25) is 0 Å². The van der Waals surface area contributed by atoms with Crippen molar-refractivity contribution < 1.29 is 9.53 Å². The van der Waals surface area contributed by atoms with E-state index in [1.54, 1.807) is 6.92 Å². The molecule has 3 rings (SSSR count). The number of benzene rings is 2. The van der Waals surface area contributed by atoms with Crippen molar-refractivity contribution in [2.75, 3.05) is 0 Å². The Hall–Kier alpha value is -2.35. The summed E-state index contributed by atoms with van der Waals surface area (Å²) >= 11 is 0. The molecule has 2 aromatic rings. The number of hydrogen-bond acceptors (Lipinski definition) is 2. The number of carbonyl (C=O) groups is 1. The maximum Gasteiger partial charge on any atom is 0.334 e. The SMILES string of the molecule is CCC=C(C)C(=O)OC1c2ccccc2-c2ccccc21. The van der Waals surface area contributed by atoms with E-state index in [9.17, 15) is 4.79 Å². The predicted molar refractivity (Wildman–Crippen MR) is 83.9 cm³/mol. The van der Waals surface area contributed by atoms with E-state index in [2.05, 4.69) is 12.1 Å². The second kappa shape index (κ2) is 5.57. The number of carbonyl (C=O) groups excluding carboxylic acids is 1. The Morgan fingerprint density at radius 2 is 1.57 bits per heavy atom. The van der Waals surface area contributed by atoms with Gasteiger partial charge in [-0.1, -0.05) is 61.5 Å². The van der Waals surface area contributed by atoms with Gasteiger partial charge in [-0.2, -0.15) is 0 Å². The van der Waals surface area contributed by atoms with Crippen LogP contribution >= 0.6 is 0 Å². The quantitative estimate of drug-likeness (QED) is 0.603. The van der Waals surface area contributed by atoms with Crippen LogP contribution in [0.25, 0.3) is 11.1 Å². The van der Waals surface area contributed by atoms with Crippen molar-refractivity contribution >= 4 is 5.97 Å². The van der Waals surface area contributed by atoms with Crippen LogP contribution in [0, 0.1) is 0 Å². The summed E-state index contributed by atoms with van der Waals surface area (Å²) in [4.78, 5) is 12.2. The Morgan fingerprint density at radius 1 is 1.05 bits per heavy atom. The summed E-state index contributed by atoms with van der Waals surface area (Å²) in [5.74, 6) is -0.242. The van der Waals surface area contributed by atoms with Crippen LogP contribution in [-0.4, -0.2) is 5.97 Å². The van der Waals surface area contributed by atoms with E-state index in [1.165, 1.54) is 0 Å². The molecule has 0 saturated heterocycles. The third-order valence-electron chi connectivity index (χ3n) is 3.83. The van der Waals surface area contributed by atoms with Crippen LogP contribution in [0.15, 0.2) is 60.2 Å². The predicted octanol–water partition coefficient (Wildman–Crippen LogP) is 4.66. The Kier molecular flexibility index (Phi) is 3.61. The minimum absolute atomic E-state index is 0.242. The second-order valence-corrected chi connectivity index (χ2v) is 5.26. The number of fused-ring (bicyclic) bond motifs is 3. The minimum Gasteiger partial charge on any atom is -0.449 e. The van der Waals surface area contributed by atoms with Crippen molar-refractivity contribution in [1.29, 1.82) is 0 Å². The van der Waals surface area contributed by atoms with Crippen LogP contribution in [0.2, 0.25) is 0 Å². The van der Waals surface area contributed by atoms with Gasteiger partial charge in [-0.25, -0.2) is 4.79 Å². The molecule has 0 aromatic heterocycles. The molecular weight excluding hydrogens is 260 g/mol. The molecule has 0 saturated carbocycles. The highest BCUT2D eigenvalue weighted by atomic mass is 16.5. The van der Waals surface area contributed by atoms with Crippen LogP contribution in [0.3, 0.4) is 0 Å². The second-order valence-electron chi connectivity index (χ2n) is 5.26. The van der Waals surface area contributed by atoms with Gasteiger partial charge >= 0.3 is 5.97 Å². The molecular formula is C19H18O2. The lowest BCUT2D eigenvalue weighted by molar-refractivity contribution is -0.142. The molecule has 0 spiro atoms. The summed E-state index contributed by atoms with van der Waals surface area (Å²) in [7, 11) is 0. The molecule has 2 heteroatoms. The average molecular weight is 278 g/mol. The Balaban J connectivity index is 1.99. The van der Waals surface area contributed by atoms with E-state index >= 15 is 0 Å². The first-order valence-corrected chi connectivity index (χ1v) is 7.28. The zero-order valence-corrected chi connectivity index (χ0v) is 12.3. The van der Waals surface area contributed by atoms with Crippen LogP contribution in [-0.2, 0) is 9.53 Å². The molecule has 0 amide bonds. The van der Waals surface area contributed by atoms with Crippen LogP contribution in [0.4, 0.5) is 0 Å². The standard InChI is InChI=1S/C19H18O2/c1-3-8-13(2)19(20)21-18-16-11-6-4-9-14(16)15-10-5-7-12-17(15)18/h4-12,18H,3H2,1-2H3. The molecule has 2 nitrogen and oxygen atoms in total. The fourth-order valence-corrected chi connectivity index (χ4v) is 2.83. The Bertz CT molecular complexity index is 668. The molecule has 2 aromatic carbocycles. The lowest BCUT2D eigenvalue weighted by Gasteiger charge is -2.15. The van der Waals surface area contributed by atoms with Crippen molar-refractivity contribution in [3.63, 3.8) is 0 Å². The van der Waals surface area contributed by atoms with Gasteiger partial charge in [0.05, 0.1) is 0 Å². The van der Waals surface area contributed by atoms with E-state index < -0.39 is 0 Å². The summed E-state index contributed by atoms with van der Waals surface area (Å²) in [5, 5.41) is 0. The van der Waals surface area contributed by atoms with Crippen molar-refractivity contribution in [3.05, 3.63) is 71.3 Å². The zero-order chi connectivity index (χ0) is 14.8. The summed E-state index contributed by atoms with van der Waals surface area (Å²) in [5.41, 5.74) is 5.11. The number of ether oxygens (including phenoxy) is 1. The molecule has 0 N–H and O–H groups in total. The van der Waals surface area contributed by atoms with Gasteiger partial charge in [0.25, 0.3) is 0 Å². The summed E-state index contributed by atoms with van der Waals surface area (Å²) < 4.78 is 5.77. The van der Waals surface area contributed by atoms with E-state index in [-0.39, 0.29) is 12.1 Å². The van der Waals surface area contributed by atoms with Gasteiger partial charge in [0.15, 0.2) is 6.10 Å². The van der Waals surface area contributed by atoms with Gasteiger partial charge < -0.3 is 4.74 Å². The fourth-order valence-electron chi connectivity index (χ4n) is 2.83. The van der Waals surface area contributed by atoms with E-state index in [1.807, 2.05) is 49.4 Å². The van der Waals surface area contributed by atoms with E-state index in [4.69, 9.17) is 4.74 Å². The van der Waals surface area contributed by atoms with Crippen molar-refractivity contribution in [2.24, 2.45) is 0 Å². The van der Waals surface area contributed by atoms with Crippen molar-refractivity contribution in [3.8, 4) is 11.1 Å². The smallest absolute Gasteiger partial charge is 0.334 e. The maximum absolute atomic E-state index is 12.2. The molecule has 0 heterocycles. The summed E-state index contributed by atoms with van der Waals surface area (Å²) in [6, 6.07) is 16.2. The number of hydrogen-bond donors (Lipinski definition) is 0. The van der Waals surface area contributed by atoms with Gasteiger partial charge in [0.1, 0.15) is 0 Å². The van der Waals surface area contributed by atoms with Crippen LogP contribution in [0.5, 0.6) is 0 Å². The Morgan fingerprint density at radius 3 is 2.10 bits per heavy atom. The molecule has 1 aliphatic rings. The molecule has 21 heavy (non-hydrogen) atoms. The third kappa shape index (κ3) is 2.38. The average Bonchev–Trinajstić information content (AvgIpc) is 2.82. The monoisotopic (exact) mass is 278 g/mol. The first kappa shape index (κ1) is 13.6. The highest BCUT2D eigenvalue weighted by molar-refractivity contribution is 5.89. The summed E-state index contributed by atoms with van der Waals surface area (Å²) in [6.45, 7) is 3.82. The molecule has 0 atom stereocenters. The Labute approximate surface area is 125 Å². The normalized spacial score (nSPS) is 13.7. The lowest BCUT2D eigenvalue weighted by Crippen LogP contribution is -2.11. The zero-order valence-electron chi connectivity index (χ0n) is 12.3. The van der Waals surface area contributed by atoms with Gasteiger partial charge in [-0.15, -0.1) is 0 Å². The van der Waals surface area contributed by atoms with Crippen molar-refractivity contribution in [1.82, 2.24) is 0 Å². The molecule has 0 bridgehead atoms. The van der Waals surface area contributed by atoms with Gasteiger partial charge in [-0.05, 0) is 24.5 Å². The van der Waals surface area contributed by atoms with E-state index in [0.29, 0.717) is 5.57 Å². The first-order chi connectivity index (χ1) is 10.2. The fraction of sp³-hybridized carbons (Fsp3) is 0.211. The lowest BCUT2D eigenvalue weighted by atomic mass is 10.1. The first-order valence-electron chi connectivity index (χ1n) is 7.28. The maximum atomic E-state index is 12.2. The number of allylic oxidation sites excluding steroid dienone is 1. The minimum atomic E-state index is -0.301. The number of rotatable bonds is 3. The van der Waals surface area contributed by atoms with Crippen LogP contribution < -0.4 is 0 Å². The topological polar surface area (TPSA) is 26.3 Å². The van der Waals surface area contributed by atoms with Crippen LogP contribution in [0.1, 0.15) is 37.5 Å². The molecule has 1 aliphatic carbocycles. The van der Waals surface area contributed by atoms with Crippen molar-refractivity contribution in [2.45, 2.75) is 26.4 Å². The molecule has 0 unspecified atom stereocenters.